The van der Waals surface area contributed by atoms with Gasteiger partial charge in [0, 0.05) is 11.5 Å². The quantitative estimate of drug-likeness (QED) is 0.715. The van der Waals surface area contributed by atoms with Crippen LogP contribution in [0.15, 0.2) is 39.9 Å². The highest BCUT2D eigenvalue weighted by Crippen LogP contribution is 2.11. The average Bonchev–Trinajstić information content (AvgIpc) is 2.78. The Kier molecular flexibility index (Phi) is 2.90. The van der Waals surface area contributed by atoms with E-state index in [9.17, 15) is 4.79 Å². The summed E-state index contributed by atoms with van der Waals surface area (Å²) in [6.45, 7) is 0.464. The van der Waals surface area contributed by atoms with Crippen LogP contribution in [0.1, 0.15) is 5.56 Å². The molecule has 2 heterocycles. The maximum absolute atomic E-state index is 12.2. The molecule has 0 atom stereocenters. The van der Waals surface area contributed by atoms with Crippen LogP contribution in [0.4, 0.5) is 0 Å². The van der Waals surface area contributed by atoms with E-state index in [1.54, 1.807) is 7.05 Å². The topological polar surface area (TPSA) is 65.6 Å². The molecule has 6 nitrogen and oxygen atoms in total. The van der Waals surface area contributed by atoms with Gasteiger partial charge in [-0.15, -0.1) is 5.10 Å². The van der Waals surface area contributed by atoms with Gasteiger partial charge in [-0.2, -0.15) is 0 Å². The molecule has 0 bridgehead atoms. The summed E-state index contributed by atoms with van der Waals surface area (Å²) in [4.78, 5) is 16.4. The monoisotopic (exact) mass is 319 g/mol. The van der Waals surface area contributed by atoms with Crippen molar-refractivity contribution in [2.24, 2.45) is 7.05 Å². The van der Waals surface area contributed by atoms with E-state index in [4.69, 9.17) is 0 Å². The lowest BCUT2D eigenvalue weighted by atomic mass is 10.2. The highest BCUT2D eigenvalue weighted by Gasteiger charge is 2.09. The molecule has 3 aromatic rings. The molecule has 0 aliphatic carbocycles. The molecule has 0 N–H and O–H groups in total. The molecule has 7 heteroatoms. The van der Waals surface area contributed by atoms with E-state index in [2.05, 4.69) is 31.2 Å². The lowest BCUT2D eigenvalue weighted by molar-refractivity contribution is 0.724. The van der Waals surface area contributed by atoms with Gasteiger partial charge < -0.3 is 0 Å². The van der Waals surface area contributed by atoms with Crippen LogP contribution in [-0.2, 0) is 13.6 Å². The molecule has 0 spiro atoms. The number of hydrogen-bond acceptors (Lipinski definition) is 4. The van der Waals surface area contributed by atoms with Crippen LogP contribution in [0.3, 0.4) is 0 Å². The second kappa shape index (κ2) is 4.58. The van der Waals surface area contributed by atoms with Crippen LogP contribution in [0.2, 0.25) is 0 Å². The fraction of sp³-hybridized carbons (Fsp3) is 0.167. The number of halogens is 1. The molecule has 0 aliphatic heterocycles. The van der Waals surface area contributed by atoms with E-state index in [0.29, 0.717) is 17.7 Å². The molecule has 0 amide bonds. The summed E-state index contributed by atoms with van der Waals surface area (Å²) >= 11 is 3.38. The first-order valence-electron chi connectivity index (χ1n) is 5.64. The lowest BCUT2D eigenvalue weighted by Gasteiger charge is -2.05. The first kappa shape index (κ1) is 12.0. The standard InChI is InChI=1S/C12H10BrN5O/c1-17-11-10(15-16-17)12(19)18(7-14-11)6-8-2-4-9(13)5-3-8/h2-5,7H,6H2,1H3. The van der Waals surface area contributed by atoms with Gasteiger partial charge in [0.25, 0.3) is 5.56 Å². The predicted octanol–water partition coefficient (Wildman–Crippen LogP) is 1.34. The number of nitrogens with zero attached hydrogens (tertiary/aromatic N) is 5. The van der Waals surface area contributed by atoms with E-state index in [1.807, 2.05) is 24.3 Å². The van der Waals surface area contributed by atoms with Crippen molar-refractivity contribution in [2.75, 3.05) is 0 Å². The van der Waals surface area contributed by atoms with E-state index < -0.39 is 0 Å². The fourth-order valence-electron chi connectivity index (χ4n) is 1.85. The summed E-state index contributed by atoms with van der Waals surface area (Å²) in [7, 11) is 1.71. The summed E-state index contributed by atoms with van der Waals surface area (Å²) in [6.07, 6.45) is 1.52. The Balaban J connectivity index is 2.04. The van der Waals surface area contributed by atoms with Crippen molar-refractivity contribution in [3.05, 3.63) is 51.0 Å². The number of aryl methyl sites for hydroxylation is 1. The van der Waals surface area contributed by atoms with E-state index in [1.165, 1.54) is 15.6 Å². The van der Waals surface area contributed by atoms with E-state index in [0.717, 1.165) is 10.0 Å². The number of benzene rings is 1. The Labute approximate surface area is 116 Å². The van der Waals surface area contributed by atoms with Crippen LogP contribution in [-0.4, -0.2) is 24.5 Å². The molecule has 0 saturated heterocycles. The molecule has 96 valence electrons. The molecule has 2 aromatic heterocycles. The minimum absolute atomic E-state index is 0.180. The van der Waals surface area contributed by atoms with Gasteiger partial charge in [-0.05, 0) is 17.7 Å². The first-order chi connectivity index (χ1) is 9.15. The minimum Gasteiger partial charge on any atom is -0.293 e. The fourth-order valence-corrected chi connectivity index (χ4v) is 2.11. The lowest BCUT2D eigenvalue weighted by Crippen LogP contribution is -2.21. The second-order valence-corrected chi connectivity index (χ2v) is 5.11. The molecule has 19 heavy (non-hydrogen) atoms. The summed E-state index contributed by atoms with van der Waals surface area (Å²) in [5, 5.41) is 7.64. The van der Waals surface area contributed by atoms with Crippen molar-refractivity contribution in [3.8, 4) is 0 Å². The number of aromatic nitrogens is 5. The molecule has 0 fully saturated rings. The van der Waals surface area contributed by atoms with Crippen molar-refractivity contribution in [1.82, 2.24) is 24.5 Å². The van der Waals surface area contributed by atoms with Gasteiger partial charge in [-0.3, -0.25) is 9.36 Å². The third-order valence-electron chi connectivity index (χ3n) is 2.85. The van der Waals surface area contributed by atoms with Gasteiger partial charge in [-0.1, -0.05) is 33.3 Å². The zero-order valence-electron chi connectivity index (χ0n) is 10.1. The number of fused-ring (bicyclic) bond motifs is 1. The molecule has 0 aliphatic rings. The van der Waals surface area contributed by atoms with E-state index >= 15 is 0 Å². The van der Waals surface area contributed by atoms with E-state index in [-0.39, 0.29) is 5.56 Å². The van der Waals surface area contributed by atoms with Crippen LogP contribution in [0, 0.1) is 0 Å². The minimum atomic E-state index is -0.180. The van der Waals surface area contributed by atoms with Crippen molar-refractivity contribution >= 4 is 27.1 Å². The summed E-state index contributed by atoms with van der Waals surface area (Å²) < 4.78 is 4.02. The third kappa shape index (κ3) is 2.17. The van der Waals surface area contributed by atoms with Gasteiger partial charge in [0.1, 0.15) is 6.33 Å². The van der Waals surface area contributed by atoms with Gasteiger partial charge in [-0.25, -0.2) is 9.67 Å². The van der Waals surface area contributed by atoms with Crippen molar-refractivity contribution in [3.63, 3.8) is 0 Å². The molecule has 3 rings (SSSR count). The van der Waals surface area contributed by atoms with Crippen LogP contribution in [0.25, 0.3) is 11.2 Å². The van der Waals surface area contributed by atoms with Crippen molar-refractivity contribution < 1.29 is 0 Å². The van der Waals surface area contributed by atoms with Crippen LogP contribution >= 0.6 is 15.9 Å². The zero-order chi connectivity index (χ0) is 13.4. The number of hydrogen-bond donors (Lipinski definition) is 0. The molecular weight excluding hydrogens is 310 g/mol. The van der Waals surface area contributed by atoms with Crippen LogP contribution in [0.5, 0.6) is 0 Å². The first-order valence-corrected chi connectivity index (χ1v) is 6.44. The van der Waals surface area contributed by atoms with Gasteiger partial charge in [0.2, 0.25) is 0 Å². The van der Waals surface area contributed by atoms with Crippen LogP contribution < -0.4 is 5.56 Å². The normalized spacial score (nSPS) is 11.1. The van der Waals surface area contributed by atoms with Gasteiger partial charge >= 0.3 is 0 Å². The largest absolute Gasteiger partial charge is 0.293 e. The molecule has 0 saturated carbocycles. The highest BCUT2D eigenvalue weighted by molar-refractivity contribution is 9.10. The molecule has 0 radical (unpaired) electrons. The summed E-state index contributed by atoms with van der Waals surface area (Å²) in [5.41, 5.74) is 1.63. The maximum Gasteiger partial charge on any atom is 0.283 e. The molecule has 1 aromatic carbocycles. The summed E-state index contributed by atoms with van der Waals surface area (Å²) in [6, 6.07) is 7.79. The Morgan fingerprint density at radius 1 is 1.26 bits per heavy atom. The van der Waals surface area contributed by atoms with Crippen molar-refractivity contribution in [2.45, 2.75) is 6.54 Å². The average molecular weight is 320 g/mol. The SMILES string of the molecule is Cn1nnc2c(=O)n(Cc3ccc(Br)cc3)cnc21. The number of rotatable bonds is 2. The molecule has 0 unspecified atom stereocenters. The Morgan fingerprint density at radius 2 is 2.00 bits per heavy atom. The molecular formula is C12H10BrN5O. The highest BCUT2D eigenvalue weighted by atomic mass is 79.9. The van der Waals surface area contributed by atoms with Crippen molar-refractivity contribution in [1.29, 1.82) is 0 Å². The smallest absolute Gasteiger partial charge is 0.283 e. The zero-order valence-corrected chi connectivity index (χ0v) is 11.7. The Hall–Kier alpha value is -2.02. The second-order valence-electron chi connectivity index (χ2n) is 4.19. The third-order valence-corrected chi connectivity index (χ3v) is 3.37. The van der Waals surface area contributed by atoms with Gasteiger partial charge in [0.15, 0.2) is 11.2 Å². The Bertz CT molecular complexity index is 790. The summed E-state index contributed by atoms with van der Waals surface area (Å²) in [5.74, 6) is 0. The predicted molar refractivity (Wildman–Crippen MR) is 73.8 cm³/mol. The Morgan fingerprint density at radius 3 is 2.74 bits per heavy atom. The maximum atomic E-state index is 12.2. The van der Waals surface area contributed by atoms with Gasteiger partial charge in [0.05, 0.1) is 6.54 Å².